The van der Waals surface area contributed by atoms with Gasteiger partial charge in [0.2, 0.25) is 0 Å². The number of rotatable bonds is 0. The zero-order chi connectivity index (χ0) is 2.71. The molecule has 0 N–H and O–H groups in total. The average Bonchev–Trinajstić information content (AvgIpc) is 0.918. The van der Waals surface area contributed by atoms with E-state index in [0.717, 1.165) is 0 Å². The van der Waals surface area contributed by atoms with Gasteiger partial charge >= 0.3 is 154 Å². The first-order chi connectivity index (χ1) is 1.41. The summed E-state index contributed by atoms with van der Waals surface area (Å²) in [5, 5.41) is 0. The van der Waals surface area contributed by atoms with Gasteiger partial charge in [-0.3, -0.25) is 0 Å². The summed E-state index contributed by atoms with van der Waals surface area (Å²) in [6.07, 6.45) is 1.50. The van der Waals surface area contributed by atoms with Crippen molar-refractivity contribution in [3.05, 3.63) is 20.3 Å². The van der Waals surface area contributed by atoms with Crippen LogP contribution in [0.3, 0.4) is 0 Å². The van der Waals surface area contributed by atoms with E-state index in [9.17, 15) is 0 Å². The summed E-state index contributed by atoms with van der Waals surface area (Å²) in [6, 6.07) is 0. The van der Waals surface area contributed by atoms with Gasteiger partial charge < -0.3 is 20.3 Å². The minimum absolute atomic E-state index is 0. The molecule has 0 saturated carbocycles. The first kappa shape index (κ1) is 22.4. The standard InChI is InChI=1S/C3H5.3K/c1-3-2;;;/h3H,1-2H2;;;/q-3;3*+1. The largest absolute Gasteiger partial charge is 1.00 e. The summed E-state index contributed by atoms with van der Waals surface area (Å²) in [5.41, 5.74) is 0. The molecule has 3 heteroatoms. The van der Waals surface area contributed by atoms with Gasteiger partial charge in [0, 0.05) is 0 Å². The molecule has 0 atom stereocenters. The van der Waals surface area contributed by atoms with Crippen LogP contribution in [-0.4, -0.2) is 0 Å². The van der Waals surface area contributed by atoms with E-state index in [1.807, 2.05) is 0 Å². The van der Waals surface area contributed by atoms with E-state index in [4.69, 9.17) is 0 Å². The maximum atomic E-state index is 3.25. The molecule has 0 rings (SSSR count). The Bertz CT molecular complexity index is 6.00. The van der Waals surface area contributed by atoms with E-state index in [-0.39, 0.29) is 154 Å². The third-order valence-electron chi connectivity index (χ3n) is 0. The Balaban J connectivity index is -0.00000000667. The van der Waals surface area contributed by atoms with Crippen LogP contribution in [-0.2, 0) is 0 Å². The van der Waals surface area contributed by atoms with Crippen LogP contribution in [0.1, 0.15) is 0 Å². The summed E-state index contributed by atoms with van der Waals surface area (Å²) < 4.78 is 0. The molecule has 0 aliphatic rings. The van der Waals surface area contributed by atoms with Crippen LogP contribution in [0.15, 0.2) is 0 Å². The van der Waals surface area contributed by atoms with Gasteiger partial charge in [-0.2, -0.15) is 0 Å². The van der Waals surface area contributed by atoms with Crippen LogP contribution in [0.5, 0.6) is 0 Å². The van der Waals surface area contributed by atoms with E-state index in [0.29, 0.717) is 0 Å². The molecular weight excluding hydrogens is 153 g/mol. The molecular formula is C3H5K3. The second kappa shape index (κ2) is 22.5. The SMILES string of the molecule is [CH2-][CH-][CH2-].[K+].[K+].[K+]. The third kappa shape index (κ3) is 23.1. The van der Waals surface area contributed by atoms with Crippen molar-refractivity contribution in [2.24, 2.45) is 0 Å². The molecule has 0 aromatic carbocycles. The van der Waals surface area contributed by atoms with Gasteiger partial charge in [-0.1, -0.05) is 0 Å². The summed E-state index contributed by atoms with van der Waals surface area (Å²) in [4.78, 5) is 0. The molecule has 0 aromatic rings. The first-order valence-corrected chi connectivity index (χ1v) is 0.816. The molecule has 0 unspecified atom stereocenters. The Morgan fingerprint density at radius 3 is 0.833 bits per heavy atom. The second-order valence-corrected chi connectivity index (χ2v) is 0.289. The summed E-state index contributed by atoms with van der Waals surface area (Å²) in [7, 11) is 0. The predicted octanol–water partition coefficient (Wildman–Crippen LogP) is -8.13. The number of hydrogen-bond acceptors (Lipinski definition) is 0. The van der Waals surface area contributed by atoms with Crippen LogP contribution in [0.25, 0.3) is 0 Å². The Kier molecular flexibility index (Phi) is 84.2. The van der Waals surface area contributed by atoms with Crippen LogP contribution < -0.4 is 154 Å². The zero-order valence-corrected chi connectivity index (χ0v) is 14.4. The molecule has 0 spiro atoms. The van der Waals surface area contributed by atoms with Crippen molar-refractivity contribution in [1.82, 2.24) is 0 Å². The average molecular weight is 158 g/mol. The molecule has 0 aliphatic carbocycles. The fourth-order valence-corrected chi connectivity index (χ4v) is 0. The van der Waals surface area contributed by atoms with Crippen LogP contribution in [0, 0.1) is 20.3 Å². The smallest absolute Gasteiger partial charge is 0.673 e. The molecule has 6 heavy (non-hydrogen) atoms. The maximum absolute atomic E-state index is 3.25. The molecule has 0 radical (unpaired) electrons. The van der Waals surface area contributed by atoms with E-state index in [1.165, 1.54) is 6.42 Å². The fraction of sp³-hybridized carbons (Fsp3) is 0. The Morgan fingerprint density at radius 2 is 0.833 bits per heavy atom. The molecule has 0 amide bonds. The van der Waals surface area contributed by atoms with Crippen molar-refractivity contribution in [2.45, 2.75) is 0 Å². The van der Waals surface area contributed by atoms with E-state index in [1.54, 1.807) is 0 Å². The van der Waals surface area contributed by atoms with Gasteiger partial charge in [-0.15, -0.1) is 0 Å². The van der Waals surface area contributed by atoms with E-state index in [2.05, 4.69) is 13.8 Å². The molecule has 0 saturated heterocycles. The topological polar surface area (TPSA) is 0 Å². The quantitative estimate of drug-likeness (QED) is 0.243. The van der Waals surface area contributed by atoms with Crippen molar-refractivity contribution in [1.29, 1.82) is 0 Å². The van der Waals surface area contributed by atoms with E-state index >= 15 is 0 Å². The van der Waals surface area contributed by atoms with Crippen molar-refractivity contribution in [3.63, 3.8) is 0 Å². The Morgan fingerprint density at radius 1 is 0.833 bits per heavy atom. The predicted molar refractivity (Wildman–Crippen MR) is 15.0 cm³/mol. The molecule has 0 fully saturated rings. The molecule has 0 heterocycles. The molecule has 0 aromatic heterocycles. The monoisotopic (exact) mass is 158 g/mol. The van der Waals surface area contributed by atoms with Crippen LogP contribution >= 0.6 is 0 Å². The van der Waals surface area contributed by atoms with Gasteiger partial charge in [0.05, 0.1) is 0 Å². The Hall–Kier alpha value is 4.91. The summed E-state index contributed by atoms with van der Waals surface area (Å²) in [6.45, 7) is 6.50. The van der Waals surface area contributed by atoms with Gasteiger partial charge in [0.25, 0.3) is 0 Å². The van der Waals surface area contributed by atoms with Gasteiger partial charge in [-0.05, 0) is 0 Å². The van der Waals surface area contributed by atoms with Gasteiger partial charge in [0.15, 0.2) is 0 Å². The van der Waals surface area contributed by atoms with Crippen molar-refractivity contribution in [3.8, 4) is 0 Å². The molecule has 0 nitrogen and oxygen atoms in total. The zero-order valence-electron chi connectivity index (χ0n) is 4.99. The van der Waals surface area contributed by atoms with E-state index < -0.39 is 0 Å². The molecule has 0 bridgehead atoms. The van der Waals surface area contributed by atoms with Crippen molar-refractivity contribution >= 4 is 0 Å². The molecule has 20 valence electrons. The maximum Gasteiger partial charge on any atom is 1.00 e. The summed E-state index contributed by atoms with van der Waals surface area (Å²) in [5.74, 6) is 0. The van der Waals surface area contributed by atoms with Crippen LogP contribution in [0.2, 0.25) is 0 Å². The second-order valence-electron chi connectivity index (χ2n) is 0.289. The van der Waals surface area contributed by atoms with Gasteiger partial charge in [-0.25, -0.2) is 0 Å². The third-order valence-corrected chi connectivity index (χ3v) is 0. The van der Waals surface area contributed by atoms with Crippen molar-refractivity contribution < 1.29 is 154 Å². The Labute approximate surface area is 168 Å². The first-order valence-electron chi connectivity index (χ1n) is 0.816. The molecule has 0 aliphatic heterocycles. The normalized spacial score (nSPS) is 3.00. The minimum atomic E-state index is 0. The van der Waals surface area contributed by atoms with Gasteiger partial charge in [0.1, 0.15) is 0 Å². The van der Waals surface area contributed by atoms with Crippen molar-refractivity contribution in [2.75, 3.05) is 0 Å². The number of hydrogen-bond donors (Lipinski definition) is 0. The summed E-state index contributed by atoms with van der Waals surface area (Å²) >= 11 is 0. The fourth-order valence-electron chi connectivity index (χ4n) is 0. The van der Waals surface area contributed by atoms with Crippen LogP contribution in [0.4, 0.5) is 0 Å². The minimum Gasteiger partial charge on any atom is -0.673 e.